The molecule has 5 nitrogen and oxygen atoms in total. The number of benzene rings is 1. The molecule has 1 heterocycles. The van der Waals surface area contributed by atoms with Gasteiger partial charge >= 0.3 is 0 Å². The summed E-state index contributed by atoms with van der Waals surface area (Å²) in [6.45, 7) is 0.363. The Labute approximate surface area is 139 Å². The Kier molecular flexibility index (Phi) is 4.63. The largest absolute Gasteiger partial charge is 0.497 e. The maximum atomic E-state index is 12.6. The van der Waals surface area contributed by atoms with Crippen molar-refractivity contribution < 1.29 is 9.53 Å². The Morgan fingerprint density at radius 2 is 2.04 bits per heavy atom. The summed E-state index contributed by atoms with van der Waals surface area (Å²) in [5.41, 5.74) is 6.84. The van der Waals surface area contributed by atoms with Crippen molar-refractivity contribution in [2.45, 2.75) is 37.8 Å². The Balaban J connectivity index is 1.84. The summed E-state index contributed by atoms with van der Waals surface area (Å²) >= 11 is 1.42. The minimum absolute atomic E-state index is 0.126. The van der Waals surface area contributed by atoms with Gasteiger partial charge in [-0.25, -0.2) is 4.98 Å². The average Bonchev–Trinajstić information content (AvgIpc) is 3.25. The van der Waals surface area contributed by atoms with Gasteiger partial charge in [0.15, 0.2) is 0 Å². The van der Waals surface area contributed by atoms with Gasteiger partial charge in [-0.3, -0.25) is 4.79 Å². The van der Waals surface area contributed by atoms with Gasteiger partial charge in [-0.05, 0) is 30.5 Å². The molecule has 0 aliphatic heterocycles. The molecule has 1 saturated carbocycles. The maximum Gasteiger partial charge on any atom is 0.271 e. The topological polar surface area (TPSA) is 77.2 Å². The number of rotatable bonds is 5. The van der Waals surface area contributed by atoms with Crippen molar-refractivity contribution in [1.82, 2.24) is 10.3 Å². The molecule has 0 saturated heterocycles. The van der Waals surface area contributed by atoms with Crippen LogP contribution in [0.5, 0.6) is 5.75 Å². The van der Waals surface area contributed by atoms with Gasteiger partial charge in [0.25, 0.3) is 5.91 Å². The summed E-state index contributed by atoms with van der Waals surface area (Å²) in [6, 6.07) is 7.96. The summed E-state index contributed by atoms with van der Waals surface area (Å²) in [4.78, 5) is 16.9. The molecule has 6 heteroatoms. The van der Waals surface area contributed by atoms with Crippen molar-refractivity contribution in [3.8, 4) is 5.75 Å². The van der Waals surface area contributed by atoms with E-state index in [0.717, 1.165) is 42.0 Å². The van der Waals surface area contributed by atoms with E-state index in [1.807, 2.05) is 24.3 Å². The molecule has 3 N–H and O–H groups in total. The number of aromatic nitrogens is 1. The zero-order valence-electron chi connectivity index (χ0n) is 13.2. The molecule has 23 heavy (non-hydrogen) atoms. The van der Waals surface area contributed by atoms with E-state index >= 15 is 0 Å². The molecule has 1 aliphatic carbocycles. The van der Waals surface area contributed by atoms with E-state index in [2.05, 4.69) is 10.3 Å². The highest BCUT2D eigenvalue weighted by Crippen LogP contribution is 2.39. The number of carbonyl (C=O) groups is 1. The van der Waals surface area contributed by atoms with Crippen LogP contribution in [0.2, 0.25) is 0 Å². The highest BCUT2D eigenvalue weighted by atomic mass is 32.1. The lowest BCUT2D eigenvalue weighted by Gasteiger charge is -2.31. The lowest BCUT2D eigenvalue weighted by molar-refractivity contribution is 0.0893. The van der Waals surface area contributed by atoms with E-state index in [1.165, 1.54) is 11.3 Å². The van der Waals surface area contributed by atoms with Crippen molar-refractivity contribution in [2.75, 3.05) is 7.11 Å². The van der Waals surface area contributed by atoms with Gasteiger partial charge in [0.2, 0.25) is 0 Å². The average molecular weight is 331 g/mol. The van der Waals surface area contributed by atoms with Crippen LogP contribution in [0.4, 0.5) is 0 Å². The summed E-state index contributed by atoms with van der Waals surface area (Å²) in [7, 11) is 1.65. The van der Waals surface area contributed by atoms with Crippen LogP contribution in [0.1, 0.15) is 46.7 Å². The fraction of sp³-hybridized carbons (Fsp3) is 0.412. The molecule has 0 bridgehead atoms. The van der Waals surface area contributed by atoms with Crippen LogP contribution in [0.15, 0.2) is 29.6 Å². The minimum Gasteiger partial charge on any atom is -0.497 e. The van der Waals surface area contributed by atoms with Crippen molar-refractivity contribution in [3.05, 3.63) is 45.9 Å². The molecule has 1 aliphatic rings. The molecule has 2 aromatic rings. The number of amides is 1. The summed E-state index contributed by atoms with van der Waals surface area (Å²) in [5.74, 6) is 0.694. The molecular formula is C17H21N3O2S. The Hall–Kier alpha value is -1.92. The van der Waals surface area contributed by atoms with Gasteiger partial charge in [0.1, 0.15) is 16.5 Å². The normalized spacial score (nSPS) is 16.3. The third-order valence-electron chi connectivity index (χ3n) is 4.41. The van der Waals surface area contributed by atoms with Crippen LogP contribution in [0, 0.1) is 0 Å². The molecule has 1 amide bonds. The Morgan fingerprint density at radius 3 is 2.61 bits per heavy atom. The predicted molar refractivity (Wildman–Crippen MR) is 90.6 cm³/mol. The van der Waals surface area contributed by atoms with E-state index in [-0.39, 0.29) is 11.4 Å². The fourth-order valence-electron chi connectivity index (χ4n) is 3.16. The maximum absolute atomic E-state index is 12.6. The first-order valence-corrected chi connectivity index (χ1v) is 8.66. The quantitative estimate of drug-likeness (QED) is 0.883. The molecule has 0 atom stereocenters. The second-order valence-electron chi connectivity index (χ2n) is 5.80. The molecule has 1 fully saturated rings. The molecule has 122 valence electrons. The van der Waals surface area contributed by atoms with E-state index in [4.69, 9.17) is 10.5 Å². The first-order chi connectivity index (χ1) is 11.2. The van der Waals surface area contributed by atoms with Crippen molar-refractivity contribution in [3.63, 3.8) is 0 Å². The number of hydrogen-bond acceptors (Lipinski definition) is 5. The van der Waals surface area contributed by atoms with E-state index < -0.39 is 0 Å². The number of carbonyl (C=O) groups excluding carboxylic acids is 1. The first-order valence-electron chi connectivity index (χ1n) is 7.78. The third kappa shape index (κ3) is 3.23. The van der Waals surface area contributed by atoms with E-state index in [1.54, 1.807) is 12.5 Å². The first kappa shape index (κ1) is 16.0. The van der Waals surface area contributed by atoms with Crippen molar-refractivity contribution in [1.29, 1.82) is 0 Å². The number of nitrogens with two attached hydrogens (primary N) is 1. The molecule has 1 aromatic heterocycles. The highest BCUT2D eigenvalue weighted by Gasteiger charge is 2.37. The monoisotopic (exact) mass is 331 g/mol. The van der Waals surface area contributed by atoms with Gasteiger partial charge in [-0.1, -0.05) is 25.0 Å². The smallest absolute Gasteiger partial charge is 0.271 e. The van der Waals surface area contributed by atoms with E-state index in [0.29, 0.717) is 12.2 Å². The Bertz CT molecular complexity index is 675. The highest BCUT2D eigenvalue weighted by molar-refractivity contribution is 7.09. The standard InChI is InChI=1S/C17H21N3O2S/c1-22-13-6-4-12(5-7-13)17(8-2-3-9-17)20-16(21)14-11-23-15(10-18)19-14/h4-7,11H,2-3,8-10,18H2,1H3,(H,20,21). The van der Waals surface area contributed by atoms with Crippen LogP contribution >= 0.6 is 11.3 Å². The number of methoxy groups -OCH3 is 1. The van der Waals surface area contributed by atoms with E-state index in [9.17, 15) is 4.79 Å². The van der Waals surface area contributed by atoms with Crippen LogP contribution in [-0.4, -0.2) is 18.0 Å². The van der Waals surface area contributed by atoms with Gasteiger partial charge in [0, 0.05) is 11.9 Å². The molecule has 0 radical (unpaired) electrons. The second kappa shape index (κ2) is 6.68. The number of nitrogens with zero attached hydrogens (tertiary/aromatic N) is 1. The number of thiazole rings is 1. The molecule has 0 unspecified atom stereocenters. The number of hydrogen-bond donors (Lipinski definition) is 2. The summed E-state index contributed by atoms with van der Waals surface area (Å²) in [5, 5.41) is 5.77. The SMILES string of the molecule is COc1ccc(C2(NC(=O)c3csc(CN)n3)CCCC2)cc1. The second-order valence-corrected chi connectivity index (χ2v) is 6.75. The van der Waals surface area contributed by atoms with Crippen LogP contribution in [0.3, 0.4) is 0 Å². The third-order valence-corrected chi connectivity index (χ3v) is 5.28. The predicted octanol–water partition coefficient (Wildman–Crippen LogP) is 2.81. The van der Waals surface area contributed by atoms with Gasteiger partial charge in [-0.15, -0.1) is 11.3 Å². The number of nitrogens with one attached hydrogen (secondary N) is 1. The molecular weight excluding hydrogens is 310 g/mol. The van der Waals surface area contributed by atoms with Gasteiger partial charge < -0.3 is 15.8 Å². The zero-order valence-corrected chi connectivity index (χ0v) is 14.0. The lowest BCUT2D eigenvalue weighted by Crippen LogP contribution is -2.43. The summed E-state index contributed by atoms with van der Waals surface area (Å²) < 4.78 is 5.22. The lowest BCUT2D eigenvalue weighted by atomic mass is 9.88. The van der Waals surface area contributed by atoms with Crippen molar-refractivity contribution >= 4 is 17.2 Å². The van der Waals surface area contributed by atoms with Crippen LogP contribution < -0.4 is 15.8 Å². The Morgan fingerprint density at radius 1 is 1.35 bits per heavy atom. The van der Waals surface area contributed by atoms with Crippen LogP contribution in [-0.2, 0) is 12.1 Å². The number of ether oxygens (including phenoxy) is 1. The molecule has 1 aromatic carbocycles. The minimum atomic E-state index is -0.310. The zero-order chi connectivity index (χ0) is 16.3. The van der Waals surface area contributed by atoms with Crippen LogP contribution in [0.25, 0.3) is 0 Å². The molecule has 0 spiro atoms. The summed E-state index contributed by atoms with van der Waals surface area (Å²) in [6.07, 6.45) is 4.10. The fourth-order valence-corrected chi connectivity index (χ4v) is 3.82. The van der Waals surface area contributed by atoms with Gasteiger partial charge in [-0.2, -0.15) is 0 Å². The van der Waals surface area contributed by atoms with Crippen molar-refractivity contribution in [2.24, 2.45) is 5.73 Å². The molecule has 3 rings (SSSR count). The van der Waals surface area contributed by atoms with Gasteiger partial charge in [0.05, 0.1) is 12.6 Å².